The van der Waals surface area contributed by atoms with Crippen molar-refractivity contribution in [2.75, 3.05) is 0 Å². The van der Waals surface area contributed by atoms with E-state index in [1.54, 1.807) is 4.52 Å². The summed E-state index contributed by atoms with van der Waals surface area (Å²) >= 11 is 0. The van der Waals surface area contributed by atoms with Gasteiger partial charge >= 0.3 is 0 Å². The molecular formula is C9H12N4. The van der Waals surface area contributed by atoms with Crippen molar-refractivity contribution in [3.63, 3.8) is 0 Å². The molecule has 4 heteroatoms. The van der Waals surface area contributed by atoms with Crippen molar-refractivity contribution >= 4 is 5.78 Å². The summed E-state index contributed by atoms with van der Waals surface area (Å²) in [5.41, 5.74) is 2.15. The van der Waals surface area contributed by atoms with E-state index < -0.39 is 0 Å². The van der Waals surface area contributed by atoms with Crippen LogP contribution in [0, 0.1) is 13.8 Å². The number of aromatic nitrogens is 4. The van der Waals surface area contributed by atoms with Crippen LogP contribution in [0.2, 0.25) is 0 Å². The molecule has 13 heavy (non-hydrogen) atoms. The molecule has 0 fully saturated rings. The Morgan fingerprint density at radius 2 is 2.08 bits per heavy atom. The molecule has 0 aromatic carbocycles. The van der Waals surface area contributed by atoms with Gasteiger partial charge in [0.05, 0.1) is 0 Å². The van der Waals surface area contributed by atoms with Crippen LogP contribution in [-0.2, 0) is 6.42 Å². The standard InChI is InChI=1S/C9H12N4/c1-4-8-5-6(2)13-9(11-8)10-7(3)12-13/h5H,4H2,1-3H3. The molecule has 68 valence electrons. The zero-order valence-corrected chi connectivity index (χ0v) is 8.07. The first-order valence-electron chi connectivity index (χ1n) is 4.40. The lowest BCUT2D eigenvalue weighted by molar-refractivity contribution is 0.859. The molecule has 2 aromatic rings. The second kappa shape index (κ2) is 2.80. The molecule has 2 heterocycles. The molecule has 0 aliphatic carbocycles. The number of fused-ring (bicyclic) bond motifs is 1. The average molecular weight is 176 g/mol. The summed E-state index contributed by atoms with van der Waals surface area (Å²) in [6.45, 7) is 5.98. The highest BCUT2D eigenvalue weighted by atomic mass is 15.3. The van der Waals surface area contributed by atoms with Crippen molar-refractivity contribution < 1.29 is 0 Å². The lowest BCUT2D eigenvalue weighted by Crippen LogP contribution is -1.99. The highest BCUT2D eigenvalue weighted by Gasteiger charge is 2.04. The Morgan fingerprint density at radius 3 is 2.77 bits per heavy atom. The Morgan fingerprint density at radius 1 is 1.31 bits per heavy atom. The van der Waals surface area contributed by atoms with Crippen LogP contribution in [0.5, 0.6) is 0 Å². The minimum Gasteiger partial charge on any atom is -0.216 e. The van der Waals surface area contributed by atoms with Crippen LogP contribution in [0.1, 0.15) is 24.1 Å². The monoisotopic (exact) mass is 176 g/mol. The molecule has 2 aromatic heterocycles. The largest absolute Gasteiger partial charge is 0.252 e. The number of aryl methyl sites for hydroxylation is 3. The Hall–Kier alpha value is -1.45. The topological polar surface area (TPSA) is 43.1 Å². The van der Waals surface area contributed by atoms with Gasteiger partial charge in [0.1, 0.15) is 5.82 Å². The van der Waals surface area contributed by atoms with Gasteiger partial charge in [-0.2, -0.15) is 10.1 Å². The molecule has 0 N–H and O–H groups in total. The Bertz CT molecular complexity index is 444. The molecule has 0 unspecified atom stereocenters. The van der Waals surface area contributed by atoms with Gasteiger partial charge in [-0.25, -0.2) is 9.50 Å². The summed E-state index contributed by atoms with van der Waals surface area (Å²) in [7, 11) is 0. The summed E-state index contributed by atoms with van der Waals surface area (Å²) in [5, 5.41) is 4.23. The van der Waals surface area contributed by atoms with Crippen molar-refractivity contribution in [2.24, 2.45) is 0 Å². The molecule has 0 atom stereocenters. The van der Waals surface area contributed by atoms with E-state index in [9.17, 15) is 0 Å². The smallest absolute Gasteiger partial charge is 0.216 e. The van der Waals surface area contributed by atoms with Gasteiger partial charge in [-0.1, -0.05) is 6.92 Å². The minimum absolute atomic E-state index is 0.703. The third-order valence-corrected chi connectivity index (χ3v) is 2.01. The van der Waals surface area contributed by atoms with Gasteiger partial charge in [0, 0.05) is 11.4 Å². The summed E-state index contributed by atoms with van der Waals surface area (Å²) in [6.07, 6.45) is 0.934. The first kappa shape index (κ1) is 8.16. The zero-order chi connectivity index (χ0) is 9.42. The molecule has 2 rings (SSSR count). The number of hydrogen-bond donors (Lipinski definition) is 0. The SMILES string of the molecule is CCc1cc(C)n2nc(C)nc2n1. The molecule has 0 saturated carbocycles. The molecule has 0 spiro atoms. The highest BCUT2D eigenvalue weighted by molar-refractivity contribution is 5.31. The van der Waals surface area contributed by atoms with Crippen molar-refractivity contribution in [3.05, 3.63) is 23.3 Å². The van der Waals surface area contributed by atoms with Gasteiger partial charge in [-0.05, 0) is 26.3 Å². The molecule has 0 saturated heterocycles. The maximum atomic E-state index is 4.36. The lowest BCUT2D eigenvalue weighted by Gasteiger charge is -1.99. The van der Waals surface area contributed by atoms with Crippen molar-refractivity contribution in [1.82, 2.24) is 19.6 Å². The maximum Gasteiger partial charge on any atom is 0.252 e. The van der Waals surface area contributed by atoms with Crippen molar-refractivity contribution in [3.8, 4) is 0 Å². The van der Waals surface area contributed by atoms with Crippen LogP contribution in [0.4, 0.5) is 0 Å². The number of rotatable bonds is 1. The summed E-state index contributed by atoms with van der Waals surface area (Å²) in [6, 6.07) is 2.04. The van der Waals surface area contributed by atoms with E-state index in [1.165, 1.54) is 0 Å². The third-order valence-electron chi connectivity index (χ3n) is 2.01. The molecule has 0 aliphatic rings. The predicted octanol–water partition coefficient (Wildman–Crippen LogP) is 1.30. The Kier molecular flexibility index (Phi) is 1.76. The van der Waals surface area contributed by atoms with Gasteiger partial charge in [0.2, 0.25) is 0 Å². The van der Waals surface area contributed by atoms with Gasteiger partial charge in [0.25, 0.3) is 5.78 Å². The molecular weight excluding hydrogens is 164 g/mol. The Labute approximate surface area is 76.6 Å². The second-order valence-corrected chi connectivity index (χ2v) is 3.11. The fourth-order valence-corrected chi connectivity index (χ4v) is 1.36. The first-order chi connectivity index (χ1) is 6.20. The summed E-state index contributed by atoms with van der Waals surface area (Å²) in [5.74, 6) is 1.47. The van der Waals surface area contributed by atoms with E-state index in [1.807, 2.05) is 19.9 Å². The van der Waals surface area contributed by atoms with Crippen LogP contribution in [0.15, 0.2) is 6.07 Å². The minimum atomic E-state index is 0.703. The maximum absolute atomic E-state index is 4.36. The average Bonchev–Trinajstić information content (AvgIpc) is 2.46. The van der Waals surface area contributed by atoms with Crippen molar-refractivity contribution in [1.29, 1.82) is 0 Å². The van der Waals surface area contributed by atoms with Crippen LogP contribution >= 0.6 is 0 Å². The van der Waals surface area contributed by atoms with E-state index in [-0.39, 0.29) is 0 Å². The normalized spacial score (nSPS) is 11.0. The number of nitrogens with zero attached hydrogens (tertiary/aromatic N) is 4. The first-order valence-corrected chi connectivity index (χ1v) is 4.40. The molecule has 4 nitrogen and oxygen atoms in total. The van der Waals surface area contributed by atoms with Gasteiger partial charge in [-0.3, -0.25) is 0 Å². The van der Waals surface area contributed by atoms with Crippen LogP contribution in [-0.4, -0.2) is 19.6 Å². The van der Waals surface area contributed by atoms with E-state index in [4.69, 9.17) is 0 Å². The van der Waals surface area contributed by atoms with Crippen molar-refractivity contribution in [2.45, 2.75) is 27.2 Å². The van der Waals surface area contributed by atoms with E-state index in [2.05, 4.69) is 22.0 Å². The second-order valence-electron chi connectivity index (χ2n) is 3.11. The Balaban J connectivity index is 2.75. The molecule has 0 radical (unpaired) electrons. The van der Waals surface area contributed by atoms with Crippen LogP contribution in [0.3, 0.4) is 0 Å². The van der Waals surface area contributed by atoms with Crippen LogP contribution in [0.25, 0.3) is 5.78 Å². The quantitative estimate of drug-likeness (QED) is 0.657. The van der Waals surface area contributed by atoms with Gasteiger partial charge in [0.15, 0.2) is 0 Å². The summed E-state index contributed by atoms with van der Waals surface area (Å²) in [4.78, 5) is 8.59. The highest BCUT2D eigenvalue weighted by Crippen LogP contribution is 2.05. The van der Waals surface area contributed by atoms with E-state index >= 15 is 0 Å². The van der Waals surface area contributed by atoms with Gasteiger partial charge in [-0.15, -0.1) is 0 Å². The number of hydrogen-bond acceptors (Lipinski definition) is 3. The summed E-state index contributed by atoms with van der Waals surface area (Å²) < 4.78 is 1.77. The zero-order valence-electron chi connectivity index (χ0n) is 8.07. The third kappa shape index (κ3) is 1.28. The van der Waals surface area contributed by atoms with E-state index in [0.717, 1.165) is 23.6 Å². The molecule has 0 aliphatic heterocycles. The molecule has 0 bridgehead atoms. The van der Waals surface area contributed by atoms with Crippen LogP contribution < -0.4 is 0 Å². The fraction of sp³-hybridized carbons (Fsp3) is 0.444. The van der Waals surface area contributed by atoms with Gasteiger partial charge < -0.3 is 0 Å². The van der Waals surface area contributed by atoms with E-state index in [0.29, 0.717) is 5.78 Å². The predicted molar refractivity (Wildman–Crippen MR) is 49.6 cm³/mol. The lowest BCUT2D eigenvalue weighted by atomic mass is 10.3. The fourth-order valence-electron chi connectivity index (χ4n) is 1.36. The molecule has 0 amide bonds.